The third-order valence-corrected chi connectivity index (χ3v) is 7.51. The number of carbonyl (C=O) groups is 7. The number of alkyl halides is 12. The van der Waals surface area contributed by atoms with Gasteiger partial charge in [0, 0.05) is 19.5 Å². The van der Waals surface area contributed by atoms with Gasteiger partial charge >= 0.3 is 48.6 Å². The number of amides is 3. The van der Waals surface area contributed by atoms with Crippen molar-refractivity contribution in [1.82, 2.24) is 15.5 Å². The number of carbonyl (C=O) groups excluding carboxylic acids is 4. The minimum absolute atomic E-state index is 0.138. The van der Waals surface area contributed by atoms with Crippen LogP contribution < -0.4 is 16.4 Å². The number of hydrogen-bond acceptors (Lipinski definition) is 9. The number of ether oxygens (including phenoxy) is 1. The number of methoxy groups -OCH3 is 1. The van der Waals surface area contributed by atoms with Gasteiger partial charge in [-0.05, 0) is 37.7 Å². The van der Waals surface area contributed by atoms with E-state index in [1.807, 2.05) is 6.92 Å². The molecule has 15 nitrogen and oxygen atoms in total. The summed E-state index contributed by atoms with van der Waals surface area (Å²) in [6, 6.07) is 5.28. The second-order valence-corrected chi connectivity index (χ2v) is 12.2. The quantitative estimate of drug-likeness (QED) is 0.120. The summed E-state index contributed by atoms with van der Waals surface area (Å²) >= 11 is 0. The molecule has 3 amide bonds. The number of rotatable bonds is 13. The van der Waals surface area contributed by atoms with Crippen LogP contribution in [0.5, 0.6) is 0 Å². The highest BCUT2D eigenvalue weighted by atomic mass is 19.4. The van der Waals surface area contributed by atoms with Gasteiger partial charge in [-0.15, -0.1) is 0 Å². The summed E-state index contributed by atoms with van der Waals surface area (Å²) in [4.78, 5) is 79.2. The maximum atomic E-state index is 13.3. The van der Waals surface area contributed by atoms with Crippen LogP contribution in [0, 0.1) is 5.92 Å². The Balaban J connectivity index is 0. The van der Waals surface area contributed by atoms with Gasteiger partial charge in [-0.3, -0.25) is 19.2 Å². The number of halogens is 12. The van der Waals surface area contributed by atoms with Crippen LogP contribution in [-0.2, 0) is 44.7 Å². The molecule has 1 aromatic carbocycles. The van der Waals surface area contributed by atoms with Crippen LogP contribution in [0.1, 0.15) is 57.4 Å². The van der Waals surface area contributed by atoms with E-state index >= 15 is 0 Å². The fourth-order valence-corrected chi connectivity index (χ4v) is 4.48. The third-order valence-electron chi connectivity index (χ3n) is 7.51. The zero-order valence-electron chi connectivity index (χ0n) is 31.4. The lowest BCUT2D eigenvalue weighted by molar-refractivity contribution is -0.193. The number of aliphatic carboxylic acids is 3. The van der Waals surface area contributed by atoms with Crippen molar-refractivity contribution in [3.63, 3.8) is 0 Å². The molecule has 1 aliphatic rings. The third kappa shape index (κ3) is 25.2. The Kier molecular flexibility index (Phi) is 24.6. The molecule has 3 atom stereocenters. The molecular weight excluding hydrogens is 856 g/mol. The summed E-state index contributed by atoms with van der Waals surface area (Å²) < 4.78 is 139. The number of carboxylic acid groups (broad SMARTS) is 3. The molecule has 1 fully saturated rings. The Morgan fingerprint density at radius 3 is 1.52 bits per heavy atom. The highest BCUT2D eigenvalue weighted by Gasteiger charge is 2.40. The van der Waals surface area contributed by atoms with Crippen molar-refractivity contribution in [3.05, 3.63) is 35.9 Å². The van der Waals surface area contributed by atoms with Gasteiger partial charge in [-0.1, -0.05) is 50.1 Å². The van der Waals surface area contributed by atoms with E-state index in [1.165, 1.54) is 7.11 Å². The van der Waals surface area contributed by atoms with Gasteiger partial charge in [0.15, 0.2) is 0 Å². The molecule has 0 bridgehead atoms. The normalized spacial score (nSPS) is 14.8. The molecule has 0 saturated carbocycles. The Morgan fingerprint density at radius 2 is 1.15 bits per heavy atom. The van der Waals surface area contributed by atoms with Crippen LogP contribution >= 0.6 is 0 Å². The van der Waals surface area contributed by atoms with Gasteiger partial charge in [0.25, 0.3) is 0 Å². The number of piperidine rings is 1. The average molecular weight is 899 g/mol. The SMILES string of the molecule is CCCCC(NC(=O)[C@@H](CCC(F)(F)F)NC(=O)[C@H](N)Cc1ccccc1)C(=O)N1CCC(C(=O)OC)CC1.O=C(O)C(F)(F)F.O=C(O)C(F)(F)F.O=C(O)C(F)(F)F. The van der Waals surface area contributed by atoms with Crippen molar-refractivity contribution in [1.29, 1.82) is 0 Å². The van der Waals surface area contributed by atoms with Crippen molar-refractivity contribution < 1.29 is 106 Å². The number of likely N-dealkylation sites (tertiary alicyclic amines) is 1. The monoisotopic (exact) mass is 898 g/mol. The molecule has 1 aromatic rings. The van der Waals surface area contributed by atoms with E-state index in [2.05, 4.69) is 10.6 Å². The molecule has 1 aliphatic heterocycles. The van der Waals surface area contributed by atoms with E-state index < -0.39 is 85.4 Å². The fourth-order valence-electron chi connectivity index (χ4n) is 4.48. The van der Waals surface area contributed by atoms with E-state index in [0.29, 0.717) is 32.4 Å². The minimum atomic E-state index is -5.08. The topological polar surface area (TPSA) is 243 Å². The summed E-state index contributed by atoms with van der Waals surface area (Å²) in [5.41, 5.74) is 6.74. The Morgan fingerprint density at radius 1 is 0.733 bits per heavy atom. The summed E-state index contributed by atoms with van der Waals surface area (Å²) in [6.45, 7) is 2.49. The van der Waals surface area contributed by atoms with Crippen LogP contribution in [0.15, 0.2) is 30.3 Å². The van der Waals surface area contributed by atoms with E-state index in [4.69, 9.17) is 40.2 Å². The van der Waals surface area contributed by atoms with E-state index in [1.54, 1.807) is 35.2 Å². The summed E-state index contributed by atoms with van der Waals surface area (Å²) in [7, 11) is 1.30. The van der Waals surface area contributed by atoms with Gasteiger partial charge in [-0.25, -0.2) is 14.4 Å². The predicted octanol–water partition coefficient (Wildman–Crippen LogP) is 4.37. The Bertz CT molecular complexity index is 1480. The second-order valence-electron chi connectivity index (χ2n) is 12.2. The zero-order valence-corrected chi connectivity index (χ0v) is 31.4. The minimum Gasteiger partial charge on any atom is -0.475 e. The molecule has 344 valence electrons. The number of benzene rings is 1. The van der Waals surface area contributed by atoms with Gasteiger partial charge in [0.1, 0.15) is 12.1 Å². The lowest BCUT2D eigenvalue weighted by atomic mass is 9.96. The molecule has 60 heavy (non-hydrogen) atoms. The van der Waals surface area contributed by atoms with Crippen molar-refractivity contribution in [3.8, 4) is 0 Å². The first-order valence-corrected chi connectivity index (χ1v) is 17.0. The maximum absolute atomic E-state index is 13.3. The summed E-state index contributed by atoms with van der Waals surface area (Å²) in [5.74, 6) is -10.9. The molecule has 0 radical (unpaired) electrons. The number of esters is 1. The van der Waals surface area contributed by atoms with E-state index in [0.717, 1.165) is 12.0 Å². The number of nitrogens with two attached hydrogens (primary N) is 1. The first-order chi connectivity index (χ1) is 27.3. The summed E-state index contributed by atoms with van der Waals surface area (Å²) in [5, 5.41) is 26.3. The van der Waals surface area contributed by atoms with Crippen LogP contribution in [0.3, 0.4) is 0 Å². The van der Waals surface area contributed by atoms with Crippen LogP contribution in [0.2, 0.25) is 0 Å². The zero-order chi connectivity index (χ0) is 47.2. The lowest BCUT2D eigenvalue weighted by Crippen LogP contribution is -2.57. The summed E-state index contributed by atoms with van der Waals surface area (Å²) in [6.07, 6.45) is -19.2. The van der Waals surface area contributed by atoms with Gasteiger partial charge in [0.2, 0.25) is 17.7 Å². The molecular formula is C33H42F12N4O11. The first kappa shape index (κ1) is 56.7. The van der Waals surface area contributed by atoms with Crippen molar-refractivity contribution in [2.75, 3.05) is 20.2 Å². The highest BCUT2D eigenvalue weighted by Crippen LogP contribution is 2.23. The highest BCUT2D eigenvalue weighted by molar-refractivity contribution is 5.93. The van der Waals surface area contributed by atoms with E-state index in [-0.39, 0.29) is 30.6 Å². The van der Waals surface area contributed by atoms with Crippen molar-refractivity contribution in [2.24, 2.45) is 11.7 Å². The predicted molar refractivity (Wildman–Crippen MR) is 179 cm³/mol. The molecule has 0 spiro atoms. The second kappa shape index (κ2) is 26.0. The van der Waals surface area contributed by atoms with Crippen molar-refractivity contribution >= 4 is 41.6 Å². The van der Waals surface area contributed by atoms with Crippen LogP contribution in [0.4, 0.5) is 52.7 Å². The van der Waals surface area contributed by atoms with Gasteiger partial charge < -0.3 is 41.3 Å². The van der Waals surface area contributed by atoms with Gasteiger partial charge in [0.05, 0.1) is 19.1 Å². The Labute approximate surface area is 332 Å². The first-order valence-electron chi connectivity index (χ1n) is 17.0. The van der Waals surface area contributed by atoms with Crippen LogP contribution in [-0.4, -0.2) is 125 Å². The number of nitrogens with one attached hydrogen (secondary N) is 2. The molecule has 0 aliphatic carbocycles. The van der Waals surface area contributed by atoms with Crippen molar-refractivity contribution in [2.45, 2.75) is 101 Å². The molecule has 0 aromatic heterocycles. The standard InChI is InChI=1S/C27H39F3N4O5.3C2HF3O2/c1-3-4-10-22(25(37)34-15-12-19(13-16-34)26(38)39-2)33-24(36)21(11-14-27(28,29)30)32-23(35)20(31)17-18-8-6-5-7-9-18;3*3-2(4,5)1(6)7/h5-9,19-22H,3-4,10-17,31H2,1-2H3,(H,32,35)(H,33,36);3*(H,6,7)/t20-,21-,22?;;;/m1.../s1. The molecule has 2 rings (SSSR count). The maximum Gasteiger partial charge on any atom is 0.490 e. The molecule has 1 heterocycles. The van der Waals surface area contributed by atoms with Crippen LogP contribution in [0.25, 0.3) is 0 Å². The average Bonchev–Trinajstić information content (AvgIpc) is 3.13. The number of unbranched alkanes of at least 4 members (excludes halogenated alkanes) is 1. The number of nitrogens with zero attached hydrogens (tertiary/aromatic N) is 1. The largest absolute Gasteiger partial charge is 0.490 e. The fraction of sp³-hybridized carbons (Fsp3) is 0.606. The number of hydrogen-bond donors (Lipinski definition) is 6. The Hall–Kier alpha value is -5.37. The molecule has 27 heteroatoms. The molecule has 1 saturated heterocycles. The lowest BCUT2D eigenvalue weighted by Gasteiger charge is -2.34. The van der Waals surface area contributed by atoms with E-state index in [9.17, 15) is 71.9 Å². The molecule has 7 N–H and O–H groups in total. The smallest absolute Gasteiger partial charge is 0.475 e. The molecule has 1 unspecified atom stereocenters. The number of carboxylic acids is 3. The van der Waals surface area contributed by atoms with Gasteiger partial charge in [-0.2, -0.15) is 52.7 Å².